The molecule has 3 N–H and O–H groups in total. The van der Waals surface area contributed by atoms with Crippen molar-refractivity contribution in [1.82, 2.24) is 5.32 Å². The largest absolute Gasteiger partial charge is 0.392 e. The molecule has 1 saturated heterocycles. The first-order chi connectivity index (χ1) is 8.52. The van der Waals surface area contributed by atoms with E-state index in [1.807, 2.05) is 13.8 Å². The molecule has 0 bridgehead atoms. The van der Waals surface area contributed by atoms with Crippen molar-refractivity contribution in [2.75, 3.05) is 11.9 Å². The highest BCUT2D eigenvalue weighted by Gasteiger charge is 2.29. The van der Waals surface area contributed by atoms with E-state index in [1.165, 1.54) is 11.3 Å². The number of thiophene rings is 1. The number of aliphatic hydroxyl groups excluding tert-OH is 1. The molecule has 1 amide bonds. The van der Waals surface area contributed by atoms with Gasteiger partial charge in [0.25, 0.3) is 0 Å². The quantitative estimate of drug-likeness (QED) is 0.741. The van der Waals surface area contributed by atoms with Gasteiger partial charge in [0.1, 0.15) is 11.1 Å². The third-order valence-electron chi connectivity index (χ3n) is 3.16. The molecule has 2 rings (SSSR count). The summed E-state index contributed by atoms with van der Waals surface area (Å²) >= 11 is 1.41. The summed E-state index contributed by atoms with van der Waals surface area (Å²) < 4.78 is 0. The highest BCUT2D eigenvalue weighted by Crippen LogP contribution is 2.31. The maximum Gasteiger partial charge on any atom is 0.242 e. The van der Waals surface area contributed by atoms with Gasteiger partial charge < -0.3 is 15.7 Å². The standard InChI is InChI=1S/C12H15N3O2S/c1-6-7(2)18-12(9(6)4-13)15-11(17)10-3-8(16)5-14-10/h8,10,14,16H,3,5H2,1-2H3,(H,15,17). The van der Waals surface area contributed by atoms with Crippen LogP contribution in [0.1, 0.15) is 22.4 Å². The SMILES string of the molecule is Cc1sc(NC(=O)C2CC(O)CN2)c(C#N)c1C. The number of hydrogen-bond acceptors (Lipinski definition) is 5. The molecule has 6 heteroatoms. The van der Waals surface area contributed by atoms with E-state index in [1.54, 1.807) is 0 Å². The number of amides is 1. The van der Waals surface area contributed by atoms with Gasteiger partial charge in [-0.1, -0.05) is 0 Å². The molecule has 1 aliphatic rings. The van der Waals surface area contributed by atoms with Crippen LogP contribution in [0.4, 0.5) is 5.00 Å². The average molecular weight is 265 g/mol. The highest BCUT2D eigenvalue weighted by atomic mass is 32.1. The number of nitrogens with one attached hydrogen (secondary N) is 2. The number of aliphatic hydroxyl groups is 1. The summed E-state index contributed by atoms with van der Waals surface area (Å²) in [5, 5.41) is 24.8. The lowest BCUT2D eigenvalue weighted by Gasteiger charge is -2.09. The van der Waals surface area contributed by atoms with E-state index in [2.05, 4.69) is 16.7 Å². The fraction of sp³-hybridized carbons (Fsp3) is 0.500. The van der Waals surface area contributed by atoms with Crippen LogP contribution in [-0.2, 0) is 4.79 Å². The molecule has 2 unspecified atom stereocenters. The smallest absolute Gasteiger partial charge is 0.242 e. The van der Waals surface area contributed by atoms with Gasteiger partial charge in [0.15, 0.2) is 0 Å². The number of carbonyl (C=O) groups excluding carboxylic acids is 1. The van der Waals surface area contributed by atoms with Gasteiger partial charge in [-0.2, -0.15) is 5.26 Å². The minimum Gasteiger partial charge on any atom is -0.392 e. The fourth-order valence-corrected chi connectivity index (χ4v) is 2.98. The summed E-state index contributed by atoms with van der Waals surface area (Å²) in [5.41, 5.74) is 1.45. The average Bonchev–Trinajstić information content (AvgIpc) is 2.85. The van der Waals surface area contributed by atoms with Crippen molar-refractivity contribution in [2.24, 2.45) is 0 Å². The Labute approximate surface area is 109 Å². The predicted octanol–water partition coefficient (Wildman–Crippen LogP) is 0.898. The van der Waals surface area contributed by atoms with Crippen molar-refractivity contribution in [1.29, 1.82) is 5.26 Å². The van der Waals surface area contributed by atoms with Gasteiger partial charge in [0.2, 0.25) is 5.91 Å². The second kappa shape index (κ2) is 5.06. The monoisotopic (exact) mass is 265 g/mol. The fourth-order valence-electron chi connectivity index (χ4n) is 1.97. The molecule has 1 aromatic heterocycles. The van der Waals surface area contributed by atoms with Crippen LogP contribution in [0.15, 0.2) is 0 Å². The third kappa shape index (κ3) is 2.38. The van der Waals surface area contributed by atoms with Crippen LogP contribution in [0.25, 0.3) is 0 Å². The molecule has 0 spiro atoms. The van der Waals surface area contributed by atoms with Crippen molar-refractivity contribution >= 4 is 22.2 Å². The number of rotatable bonds is 2. The Kier molecular flexibility index (Phi) is 3.66. The number of carbonyl (C=O) groups is 1. The van der Waals surface area contributed by atoms with Crippen LogP contribution >= 0.6 is 11.3 Å². The molecule has 18 heavy (non-hydrogen) atoms. The van der Waals surface area contributed by atoms with E-state index in [-0.39, 0.29) is 11.9 Å². The molecule has 1 aliphatic heterocycles. The summed E-state index contributed by atoms with van der Waals surface area (Å²) in [6, 6.07) is 1.73. The molecule has 0 radical (unpaired) electrons. The Morgan fingerprint density at radius 2 is 2.33 bits per heavy atom. The Balaban J connectivity index is 2.13. The Bertz CT molecular complexity index is 518. The topological polar surface area (TPSA) is 85.2 Å². The van der Waals surface area contributed by atoms with Crippen molar-refractivity contribution < 1.29 is 9.90 Å². The van der Waals surface area contributed by atoms with Crippen LogP contribution in [-0.4, -0.2) is 29.7 Å². The van der Waals surface area contributed by atoms with E-state index in [4.69, 9.17) is 5.26 Å². The lowest BCUT2D eigenvalue weighted by molar-refractivity contribution is -0.117. The molecule has 5 nitrogen and oxygen atoms in total. The van der Waals surface area contributed by atoms with Crippen LogP contribution in [0.5, 0.6) is 0 Å². The first kappa shape index (κ1) is 13.0. The minimum atomic E-state index is -0.469. The van der Waals surface area contributed by atoms with Gasteiger partial charge >= 0.3 is 0 Å². The molecular weight excluding hydrogens is 250 g/mol. The van der Waals surface area contributed by atoms with Crippen molar-refractivity contribution in [3.05, 3.63) is 16.0 Å². The number of anilines is 1. The molecule has 0 aromatic carbocycles. The first-order valence-electron chi connectivity index (χ1n) is 5.75. The van der Waals surface area contributed by atoms with Crippen LogP contribution in [0, 0.1) is 25.2 Å². The summed E-state index contributed by atoms with van der Waals surface area (Å²) in [6.45, 7) is 4.23. The summed E-state index contributed by atoms with van der Waals surface area (Å²) in [4.78, 5) is 13.0. The summed E-state index contributed by atoms with van der Waals surface area (Å²) in [7, 11) is 0. The maximum atomic E-state index is 12.0. The number of hydrogen-bond donors (Lipinski definition) is 3. The second-order valence-corrected chi connectivity index (χ2v) is 5.66. The van der Waals surface area contributed by atoms with Gasteiger partial charge in [0.05, 0.1) is 17.7 Å². The highest BCUT2D eigenvalue weighted by molar-refractivity contribution is 7.16. The van der Waals surface area contributed by atoms with Gasteiger partial charge in [0, 0.05) is 11.4 Å². The first-order valence-corrected chi connectivity index (χ1v) is 6.57. The normalized spacial score (nSPS) is 22.8. The van der Waals surface area contributed by atoms with Crippen molar-refractivity contribution in [3.63, 3.8) is 0 Å². The molecule has 1 aromatic rings. The number of nitrogens with zero attached hydrogens (tertiary/aromatic N) is 1. The molecule has 2 atom stereocenters. The Morgan fingerprint density at radius 1 is 1.61 bits per heavy atom. The summed E-state index contributed by atoms with van der Waals surface area (Å²) in [6.07, 6.45) is -0.0557. The zero-order valence-electron chi connectivity index (χ0n) is 10.3. The molecule has 96 valence electrons. The van der Waals surface area contributed by atoms with E-state index in [0.29, 0.717) is 23.5 Å². The van der Waals surface area contributed by atoms with Gasteiger partial charge in [-0.25, -0.2) is 0 Å². The molecule has 0 aliphatic carbocycles. The predicted molar refractivity (Wildman–Crippen MR) is 69.6 cm³/mol. The molecule has 1 fully saturated rings. The number of nitriles is 1. The molecular formula is C12H15N3O2S. The zero-order chi connectivity index (χ0) is 13.3. The third-order valence-corrected chi connectivity index (χ3v) is 4.28. The van der Waals surface area contributed by atoms with Gasteiger partial charge in [-0.3, -0.25) is 4.79 Å². The van der Waals surface area contributed by atoms with Gasteiger partial charge in [-0.15, -0.1) is 11.3 Å². The van der Waals surface area contributed by atoms with E-state index in [0.717, 1.165) is 10.4 Å². The summed E-state index contributed by atoms with van der Waals surface area (Å²) in [5.74, 6) is -0.190. The Morgan fingerprint density at radius 3 is 2.89 bits per heavy atom. The Hall–Kier alpha value is -1.42. The van der Waals surface area contributed by atoms with Crippen molar-refractivity contribution in [3.8, 4) is 6.07 Å². The van der Waals surface area contributed by atoms with Crippen LogP contribution < -0.4 is 10.6 Å². The number of β-amino-alcohol motifs (C(OH)–C–C–N with tert-alkyl or cyclic N) is 1. The minimum absolute atomic E-state index is 0.190. The van der Waals surface area contributed by atoms with E-state index < -0.39 is 6.10 Å². The number of aryl methyl sites for hydroxylation is 1. The second-order valence-electron chi connectivity index (χ2n) is 4.44. The van der Waals surface area contributed by atoms with Crippen molar-refractivity contribution in [2.45, 2.75) is 32.4 Å². The molecule has 2 heterocycles. The zero-order valence-corrected chi connectivity index (χ0v) is 11.1. The molecule has 0 saturated carbocycles. The lowest BCUT2D eigenvalue weighted by atomic mass is 10.1. The van der Waals surface area contributed by atoms with Crippen LogP contribution in [0.2, 0.25) is 0 Å². The maximum absolute atomic E-state index is 12.0. The van der Waals surface area contributed by atoms with E-state index >= 15 is 0 Å². The van der Waals surface area contributed by atoms with Gasteiger partial charge in [-0.05, 0) is 25.8 Å². The van der Waals surface area contributed by atoms with Crippen LogP contribution in [0.3, 0.4) is 0 Å². The lowest BCUT2D eigenvalue weighted by Crippen LogP contribution is -2.35. The van der Waals surface area contributed by atoms with E-state index in [9.17, 15) is 9.90 Å².